The molecule has 0 aliphatic carbocycles. The number of nitrogens with zero attached hydrogens (tertiary/aromatic N) is 2. The molecule has 4 rings (SSSR count). The van der Waals surface area contributed by atoms with Gasteiger partial charge in [-0.3, -0.25) is 0 Å². The Hall–Kier alpha value is -2.45. The molecule has 1 aromatic carbocycles. The molecule has 8 heteroatoms. The summed E-state index contributed by atoms with van der Waals surface area (Å²) >= 11 is 3.17. The van der Waals surface area contributed by atoms with E-state index in [0.717, 1.165) is 26.8 Å². The highest BCUT2D eigenvalue weighted by molar-refractivity contribution is 7.23. The van der Waals surface area contributed by atoms with Gasteiger partial charge < -0.3 is 4.52 Å². The van der Waals surface area contributed by atoms with Crippen LogP contribution >= 0.6 is 22.7 Å². The Morgan fingerprint density at radius 2 is 1.64 bits per heavy atom. The Morgan fingerprint density at radius 1 is 0.880 bits per heavy atom. The zero-order chi connectivity index (χ0) is 17.4. The van der Waals surface area contributed by atoms with Crippen molar-refractivity contribution in [2.75, 3.05) is 0 Å². The highest BCUT2D eigenvalue weighted by atomic mass is 32.1. The maximum atomic E-state index is 12.6. The molecule has 0 atom stereocenters. The Labute approximate surface area is 148 Å². The van der Waals surface area contributed by atoms with E-state index in [-0.39, 0.29) is 5.82 Å². The molecular weight excluding hydrogens is 369 g/mol. The van der Waals surface area contributed by atoms with Gasteiger partial charge in [0, 0.05) is 15.3 Å². The van der Waals surface area contributed by atoms with Gasteiger partial charge in [0.1, 0.15) is 0 Å². The van der Waals surface area contributed by atoms with Gasteiger partial charge in [-0.25, -0.2) is 0 Å². The second kappa shape index (κ2) is 6.12. The van der Waals surface area contributed by atoms with E-state index >= 15 is 0 Å². The van der Waals surface area contributed by atoms with Crippen molar-refractivity contribution >= 4 is 22.7 Å². The SMILES string of the molecule is FC(F)(F)c1ccc(-c2noc(-c3ccc(-c4cccs4)s3)n2)cc1. The minimum Gasteiger partial charge on any atom is -0.333 e. The summed E-state index contributed by atoms with van der Waals surface area (Å²) in [6, 6.07) is 12.6. The van der Waals surface area contributed by atoms with Crippen molar-refractivity contribution in [3.8, 4) is 31.9 Å². The van der Waals surface area contributed by atoms with Crippen molar-refractivity contribution in [3.63, 3.8) is 0 Å². The minimum absolute atomic E-state index is 0.259. The maximum absolute atomic E-state index is 12.6. The van der Waals surface area contributed by atoms with Gasteiger partial charge >= 0.3 is 6.18 Å². The summed E-state index contributed by atoms with van der Waals surface area (Å²) in [7, 11) is 0. The van der Waals surface area contributed by atoms with E-state index in [4.69, 9.17) is 4.52 Å². The summed E-state index contributed by atoms with van der Waals surface area (Å²) in [5.74, 6) is 0.609. The quantitative estimate of drug-likeness (QED) is 0.425. The van der Waals surface area contributed by atoms with Gasteiger partial charge in [-0.05, 0) is 35.7 Å². The molecule has 3 aromatic heterocycles. The zero-order valence-corrected chi connectivity index (χ0v) is 14.1. The van der Waals surface area contributed by atoms with Crippen LogP contribution in [0.1, 0.15) is 5.56 Å². The number of alkyl halides is 3. The highest BCUT2D eigenvalue weighted by Crippen LogP contribution is 2.36. The highest BCUT2D eigenvalue weighted by Gasteiger charge is 2.30. The third-order valence-corrected chi connectivity index (χ3v) is 5.62. The van der Waals surface area contributed by atoms with Crippen LogP contribution < -0.4 is 0 Å². The Kier molecular flexibility index (Phi) is 3.93. The molecule has 3 nitrogen and oxygen atoms in total. The molecule has 25 heavy (non-hydrogen) atoms. The Bertz CT molecular complexity index is 986. The summed E-state index contributed by atoms with van der Waals surface area (Å²) in [6.45, 7) is 0. The van der Waals surface area contributed by atoms with Crippen LogP contribution in [0.5, 0.6) is 0 Å². The van der Waals surface area contributed by atoms with Crippen LogP contribution in [0, 0.1) is 0 Å². The number of thiophene rings is 2. The Balaban J connectivity index is 1.60. The van der Waals surface area contributed by atoms with Gasteiger partial charge in [0.05, 0.1) is 10.4 Å². The van der Waals surface area contributed by atoms with Crippen LogP contribution in [0.4, 0.5) is 13.2 Å². The zero-order valence-electron chi connectivity index (χ0n) is 12.4. The number of halogens is 3. The predicted molar refractivity (Wildman–Crippen MR) is 91.4 cm³/mol. The van der Waals surface area contributed by atoms with Gasteiger partial charge in [-0.1, -0.05) is 23.4 Å². The number of hydrogen-bond acceptors (Lipinski definition) is 5. The van der Waals surface area contributed by atoms with Gasteiger partial charge in [0.25, 0.3) is 5.89 Å². The Morgan fingerprint density at radius 3 is 2.32 bits per heavy atom. The van der Waals surface area contributed by atoms with Crippen LogP contribution in [0.15, 0.2) is 58.4 Å². The van der Waals surface area contributed by atoms with E-state index in [1.165, 1.54) is 23.5 Å². The number of hydrogen-bond donors (Lipinski definition) is 0. The fourth-order valence-electron chi connectivity index (χ4n) is 2.25. The van der Waals surface area contributed by atoms with Crippen LogP contribution in [0.25, 0.3) is 31.9 Å². The molecule has 126 valence electrons. The van der Waals surface area contributed by atoms with Crippen LogP contribution in [0.2, 0.25) is 0 Å². The smallest absolute Gasteiger partial charge is 0.333 e. The fraction of sp³-hybridized carbons (Fsp3) is 0.0588. The molecule has 0 bridgehead atoms. The molecule has 0 saturated heterocycles. The van der Waals surface area contributed by atoms with Crippen LogP contribution in [-0.4, -0.2) is 10.1 Å². The lowest BCUT2D eigenvalue weighted by molar-refractivity contribution is -0.137. The molecule has 0 aliphatic heterocycles. The topological polar surface area (TPSA) is 38.9 Å². The van der Waals surface area contributed by atoms with E-state index in [1.54, 1.807) is 11.3 Å². The maximum Gasteiger partial charge on any atom is 0.416 e. The first kappa shape index (κ1) is 16.0. The molecule has 0 amide bonds. The number of rotatable bonds is 3. The monoisotopic (exact) mass is 378 g/mol. The first-order valence-electron chi connectivity index (χ1n) is 7.16. The molecule has 0 unspecified atom stereocenters. The average Bonchev–Trinajstić information content (AvgIpc) is 3.33. The molecule has 3 heterocycles. The van der Waals surface area contributed by atoms with Crippen molar-refractivity contribution in [2.45, 2.75) is 6.18 Å². The van der Waals surface area contributed by atoms with Crippen molar-refractivity contribution in [2.24, 2.45) is 0 Å². The molecule has 0 saturated carbocycles. The average molecular weight is 378 g/mol. The fourth-order valence-corrected chi connectivity index (χ4v) is 4.02. The first-order chi connectivity index (χ1) is 12.0. The van der Waals surface area contributed by atoms with E-state index in [9.17, 15) is 13.2 Å². The minimum atomic E-state index is -4.36. The largest absolute Gasteiger partial charge is 0.416 e. The summed E-state index contributed by atoms with van der Waals surface area (Å²) in [6.07, 6.45) is -4.36. The van der Waals surface area contributed by atoms with E-state index in [1.807, 2.05) is 29.6 Å². The van der Waals surface area contributed by atoms with Crippen molar-refractivity contribution in [3.05, 3.63) is 59.5 Å². The molecular formula is C17H9F3N2OS2. The number of benzene rings is 1. The molecule has 0 aliphatic rings. The summed E-state index contributed by atoms with van der Waals surface area (Å²) < 4.78 is 43.1. The lowest BCUT2D eigenvalue weighted by Gasteiger charge is -2.05. The van der Waals surface area contributed by atoms with Crippen LogP contribution in [-0.2, 0) is 6.18 Å². The molecule has 4 aromatic rings. The summed E-state index contributed by atoms with van der Waals surface area (Å²) in [5.41, 5.74) is -0.239. The van der Waals surface area contributed by atoms with Crippen molar-refractivity contribution < 1.29 is 17.7 Å². The lowest BCUT2D eigenvalue weighted by Crippen LogP contribution is -2.04. The van der Waals surface area contributed by atoms with Crippen molar-refractivity contribution in [1.82, 2.24) is 10.1 Å². The number of aromatic nitrogens is 2. The van der Waals surface area contributed by atoms with E-state index in [0.29, 0.717) is 11.5 Å². The van der Waals surface area contributed by atoms with Crippen LogP contribution in [0.3, 0.4) is 0 Å². The van der Waals surface area contributed by atoms with Gasteiger partial charge in [-0.15, -0.1) is 22.7 Å². The third kappa shape index (κ3) is 3.22. The van der Waals surface area contributed by atoms with E-state index < -0.39 is 11.7 Å². The molecule has 0 fully saturated rings. The first-order valence-corrected chi connectivity index (χ1v) is 8.86. The third-order valence-electron chi connectivity index (χ3n) is 3.48. The van der Waals surface area contributed by atoms with Crippen molar-refractivity contribution in [1.29, 1.82) is 0 Å². The molecule has 0 N–H and O–H groups in total. The molecule has 0 radical (unpaired) electrons. The second-order valence-corrected chi connectivity index (χ2v) is 7.17. The van der Waals surface area contributed by atoms with Gasteiger partial charge in [0.15, 0.2) is 0 Å². The second-order valence-electron chi connectivity index (χ2n) is 5.14. The van der Waals surface area contributed by atoms with E-state index in [2.05, 4.69) is 10.1 Å². The van der Waals surface area contributed by atoms with Gasteiger partial charge in [-0.2, -0.15) is 18.2 Å². The lowest BCUT2D eigenvalue weighted by atomic mass is 10.1. The standard InChI is InChI=1S/C17H9F3N2OS2/c18-17(19,20)11-5-3-10(4-6-11)15-21-16(23-22-15)14-8-7-13(25-14)12-2-1-9-24-12/h1-9H. The predicted octanol–water partition coefficient (Wildman–Crippen LogP) is 6.21. The normalized spacial score (nSPS) is 11.8. The molecule has 0 spiro atoms. The summed E-state index contributed by atoms with van der Waals surface area (Å²) in [5, 5.41) is 5.87. The summed E-state index contributed by atoms with van der Waals surface area (Å²) in [4.78, 5) is 7.35. The van der Waals surface area contributed by atoms with Gasteiger partial charge in [0.2, 0.25) is 5.82 Å².